The quantitative estimate of drug-likeness (QED) is 0.314. The molecule has 5 aliphatic rings. The maximum atomic E-state index is 6.26. The molecule has 68 valence electrons. The molecule has 1 heteroatoms. The molecule has 0 bridgehead atoms. The first-order chi connectivity index (χ1) is 6.38. The van der Waals surface area contributed by atoms with E-state index in [1.165, 1.54) is 6.42 Å². The number of alkyl halides is 1. The average molecular weight is 193 g/mol. The Balaban J connectivity index is 1.52. The van der Waals surface area contributed by atoms with E-state index in [4.69, 9.17) is 11.6 Å². The van der Waals surface area contributed by atoms with Crippen molar-refractivity contribution in [1.82, 2.24) is 0 Å². The standard InChI is InChI=1S/C12H13Cl/c13-7-3-6-8(7)12-10-5-2-1-4(5)9(10)11(6)12/h1-2,4-12H,3H2. The predicted octanol–water partition coefficient (Wildman–Crippen LogP) is 2.54. The predicted molar refractivity (Wildman–Crippen MR) is 51.3 cm³/mol. The van der Waals surface area contributed by atoms with Gasteiger partial charge in [-0.05, 0) is 53.8 Å². The molecule has 0 aromatic heterocycles. The fraction of sp³-hybridized carbons (Fsp3) is 0.833. The van der Waals surface area contributed by atoms with E-state index in [0.717, 1.165) is 47.3 Å². The second-order valence-corrected chi connectivity index (χ2v) is 6.40. The highest BCUT2D eigenvalue weighted by Gasteiger charge is 2.78. The monoisotopic (exact) mass is 192 g/mol. The van der Waals surface area contributed by atoms with Crippen LogP contribution < -0.4 is 0 Å². The Kier molecular flexibility index (Phi) is 0.812. The van der Waals surface area contributed by atoms with E-state index < -0.39 is 0 Å². The Hall–Kier alpha value is 0.0300. The molecule has 4 fully saturated rings. The molecule has 0 heterocycles. The van der Waals surface area contributed by atoms with Crippen LogP contribution in [0.2, 0.25) is 0 Å². The van der Waals surface area contributed by atoms with Gasteiger partial charge in [0.2, 0.25) is 0 Å². The van der Waals surface area contributed by atoms with E-state index in [1.807, 2.05) is 0 Å². The Bertz CT molecular complexity index is 334. The molecule has 9 unspecified atom stereocenters. The zero-order valence-electron chi connectivity index (χ0n) is 7.44. The number of hydrogen-bond donors (Lipinski definition) is 0. The Morgan fingerprint density at radius 2 is 1.54 bits per heavy atom. The van der Waals surface area contributed by atoms with Crippen LogP contribution in [0.25, 0.3) is 0 Å². The summed E-state index contributed by atoms with van der Waals surface area (Å²) < 4.78 is 0. The van der Waals surface area contributed by atoms with Gasteiger partial charge in [0, 0.05) is 5.38 Å². The number of halogens is 1. The van der Waals surface area contributed by atoms with Gasteiger partial charge in [-0.3, -0.25) is 0 Å². The fourth-order valence-corrected chi connectivity index (χ4v) is 5.99. The van der Waals surface area contributed by atoms with Gasteiger partial charge in [0.05, 0.1) is 0 Å². The number of rotatable bonds is 0. The maximum absolute atomic E-state index is 6.26. The summed E-state index contributed by atoms with van der Waals surface area (Å²) in [7, 11) is 0. The molecule has 0 spiro atoms. The van der Waals surface area contributed by atoms with Crippen molar-refractivity contribution in [3.8, 4) is 0 Å². The van der Waals surface area contributed by atoms with E-state index in [1.54, 1.807) is 0 Å². The molecule has 5 rings (SSSR count). The van der Waals surface area contributed by atoms with Crippen LogP contribution in [0.5, 0.6) is 0 Å². The SMILES string of the molecule is ClC1CC2C1C1C3C4C=CC4C3C21. The van der Waals surface area contributed by atoms with Crippen molar-refractivity contribution in [3.05, 3.63) is 12.2 Å². The maximum Gasteiger partial charge on any atom is 0.0372 e. The molecule has 13 heavy (non-hydrogen) atoms. The molecule has 0 N–H and O–H groups in total. The first-order valence-corrected chi connectivity index (χ1v) is 6.14. The normalized spacial score (nSPS) is 79.3. The summed E-state index contributed by atoms with van der Waals surface area (Å²) in [4.78, 5) is 0. The van der Waals surface area contributed by atoms with E-state index in [0.29, 0.717) is 5.38 Å². The van der Waals surface area contributed by atoms with Crippen molar-refractivity contribution in [3.63, 3.8) is 0 Å². The van der Waals surface area contributed by atoms with Crippen LogP contribution in [-0.4, -0.2) is 5.38 Å². The summed E-state index contributed by atoms with van der Waals surface area (Å²) in [6.07, 6.45) is 6.27. The summed E-state index contributed by atoms with van der Waals surface area (Å²) in [5, 5.41) is 0.565. The van der Waals surface area contributed by atoms with Crippen LogP contribution in [0.3, 0.4) is 0 Å². The summed E-state index contributed by atoms with van der Waals surface area (Å²) in [5.74, 6) is 8.52. The molecule has 0 aromatic rings. The highest BCUT2D eigenvalue weighted by Crippen LogP contribution is 2.82. The minimum Gasteiger partial charge on any atom is -0.123 e. The van der Waals surface area contributed by atoms with Crippen LogP contribution in [0.1, 0.15) is 6.42 Å². The summed E-state index contributed by atoms with van der Waals surface area (Å²) >= 11 is 6.26. The smallest absolute Gasteiger partial charge is 0.0372 e. The van der Waals surface area contributed by atoms with Crippen molar-refractivity contribution in [2.45, 2.75) is 11.8 Å². The van der Waals surface area contributed by atoms with Gasteiger partial charge in [-0.1, -0.05) is 12.2 Å². The topological polar surface area (TPSA) is 0 Å². The minimum atomic E-state index is 0.565. The first-order valence-electron chi connectivity index (χ1n) is 5.70. The van der Waals surface area contributed by atoms with Gasteiger partial charge in [-0.25, -0.2) is 0 Å². The van der Waals surface area contributed by atoms with Gasteiger partial charge in [0.15, 0.2) is 0 Å². The summed E-state index contributed by atoms with van der Waals surface area (Å²) in [5.41, 5.74) is 0. The van der Waals surface area contributed by atoms with Crippen molar-refractivity contribution in [2.75, 3.05) is 0 Å². The lowest BCUT2D eigenvalue weighted by Gasteiger charge is -2.83. The second kappa shape index (κ2) is 1.62. The van der Waals surface area contributed by atoms with Crippen LogP contribution in [0.15, 0.2) is 12.2 Å². The zero-order valence-corrected chi connectivity index (χ0v) is 8.19. The lowest BCUT2D eigenvalue weighted by molar-refractivity contribution is -0.324. The molecule has 0 radical (unpaired) electrons. The van der Waals surface area contributed by atoms with Crippen molar-refractivity contribution in [2.24, 2.45) is 47.3 Å². The Morgan fingerprint density at radius 1 is 0.846 bits per heavy atom. The molecule has 0 aliphatic heterocycles. The fourth-order valence-electron chi connectivity index (χ4n) is 5.42. The van der Waals surface area contributed by atoms with Gasteiger partial charge >= 0.3 is 0 Å². The largest absolute Gasteiger partial charge is 0.123 e. The number of fused-ring (bicyclic) bond motifs is 10. The summed E-state index contributed by atoms with van der Waals surface area (Å²) in [6, 6.07) is 0. The molecule has 0 amide bonds. The van der Waals surface area contributed by atoms with E-state index in [9.17, 15) is 0 Å². The molecule has 5 aliphatic carbocycles. The van der Waals surface area contributed by atoms with Crippen molar-refractivity contribution in [1.29, 1.82) is 0 Å². The highest BCUT2D eigenvalue weighted by molar-refractivity contribution is 6.21. The Morgan fingerprint density at radius 3 is 2.15 bits per heavy atom. The summed E-state index contributed by atoms with van der Waals surface area (Å²) in [6.45, 7) is 0. The van der Waals surface area contributed by atoms with E-state index in [2.05, 4.69) is 12.2 Å². The van der Waals surface area contributed by atoms with Crippen molar-refractivity contribution < 1.29 is 0 Å². The number of allylic oxidation sites excluding steroid dienone is 2. The molecule has 0 nitrogen and oxygen atoms in total. The van der Waals surface area contributed by atoms with Crippen LogP contribution >= 0.6 is 11.6 Å². The van der Waals surface area contributed by atoms with Gasteiger partial charge in [0.1, 0.15) is 0 Å². The molecule has 4 saturated carbocycles. The van der Waals surface area contributed by atoms with E-state index in [-0.39, 0.29) is 0 Å². The third-order valence-electron chi connectivity index (χ3n) is 6.01. The minimum absolute atomic E-state index is 0.565. The third-order valence-corrected chi connectivity index (χ3v) is 6.48. The van der Waals surface area contributed by atoms with Gasteiger partial charge in [-0.2, -0.15) is 0 Å². The van der Waals surface area contributed by atoms with Gasteiger partial charge < -0.3 is 0 Å². The molecule has 9 atom stereocenters. The average Bonchev–Trinajstić information content (AvgIpc) is 2.05. The van der Waals surface area contributed by atoms with Gasteiger partial charge in [0.25, 0.3) is 0 Å². The first kappa shape index (κ1) is 6.50. The van der Waals surface area contributed by atoms with Crippen molar-refractivity contribution >= 4 is 11.6 Å². The van der Waals surface area contributed by atoms with Gasteiger partial charge in [-0.15, -0.1) is 11.6 Å². The van der Waals surface area contributed by atoms with Crippen LogP contribution in [-0.2, 0) is 0 Å². The lowest BCUT2D eigenvalue weighted by Crippen LogP contribution is -2.80. The lowest BCUT2D eigenvalue weighted by atomic mass is 9.22. The third kappa shape index (κ3) is 0.430. The molecular formula is C12H13Cl. The molecular weight excluding hydrogens is 180 g/mol. The Labute approximate surface area is 83.3 Å². The van der Waals surface area contributed by atoms with Crippen LogP contribution in [0.4, 0.5) is 0 Å². The second-order valence-electron chi connectivity index (χ2n) is 5.84. The van der Waals surface area contributed by atoms with E-state index >= 15 is 0 Å². The highest BCUT2D eigenvalue weighted by atomic mass is 35.5. The zero-order chi connectivity index (χ0) is 8.32. The molecule has 0 saturated heterocycles. The molecule has 0 aromatic carbocycles. The number of hydrogen-bond acceptors (Lipinski definition) is 0. The van der Waals surface area contributed by atoms with Crippen LogP contribution in [0, 0.1) is 47.3 Å².